The Hall–Kier alpha value is -1.53. The Morgan fingerprint density at radius 3 is 2.56 bits per heavy atom. The summed E-state index contributed by atoms with van der Waals surface area (Å²) in [6, 6.07) is 6.47. The molecule has 1 atom stereocenters. The molecule has 0 saturated heterocycles. The highest BCUT2D eigenvalue weighted by Crippen LogP contribution is 2.16. The number of halogens is 1. The molecule has 0 fully saturated rings. The lowest BCUT2D eigenvalue weighted by Gasteiger charge is -2.15. The Balaban J connectivity index is 2.12. The number of benzene rings is 1. The van der Waals surface area contributed by atoms with Gasteiger partial charge in [0.15, 0.2) is 9.84 Å². The number of hydrogen-bond donors (Lipinski definition) is 2. The lowest BCUT2D eigenvalue weighted by atomic mass is 10.3. The number of nitrogens with zero attached hydrogens (tertiary/aromatic N) is 1. The zero-order chi connectivity index (χ0) is 13.2. The molecule has 1 aliphatic rings. The number of hydrogen-bond acceptors (Lipinski definition) is 5. The summed E-state index contributed by atoms with van der Waals surface area (Å²) < 4.78 is 22.6. The van der Waals surface area contributed by atoms with Crippen LogP contribution in [-0.4, -0.2) is 26.5 Å². The summed E-state index contributed by atoms with van der Waals surface area (Å²) in [5, 5.41) is 5.97. The van der Waals surface area contributed by atoms with Crippen molar-refractivity contribution < 1.29 is 8.42 Å². The normalized spacial score (nSPS) is 19.0. The Labute approximate surface area is 110 Å². The fraction of sp³-hybridized carbons (Fsp3) is 0.182. The van der Waals surface area contributed by atoms with Gasteiger partial charge in [0.25, 0.3) is 0 Å². The van der Waals surface area contributed by atoms with E-state index in [1.807, 2.05) is 0 Å². The summed E-state index contributed by atoms with van der Waals surface area (Å²) in [4.78, 5) is 4.19. The van der Waals surface area contributed by atoms with Crippen LogP contribution in [0.25, 0.3) is 0 Å². The van der Waals surface area contributed by atoms with Crippen LogP contribution in [0.2, 0.25) is 0 Å². The highest BCUT2D eigenvalue weighted by Gasteiger charge is 2.08. The average molecular weight is 286 g/mol. The fourth-order valence-corrected chi connectivity index (χ4v) is 2.24. The first kappa shape index (κ1) is 12.9. The third-order valence-corrected chi connectivity index (χ3v) is 3.67. The number of sulfone groups is 1. The van der Waals surface area contributed by atoms with Gasteiger partial charge in [0.2, 0.25) is 0 Å². The van der Waals surface area contributed by atoms with Crippen molar-refractivity contribution in [3.8, 4) is 0 Å². The molecule has 96 valence electrons. The molecule has 0 spiro atoms. The molecule has 0 radical (unpaired) electrons. The smallest absolute Gasteiger partial charge is 0.175 e. The molecule has 1 aromatic carbocycles. The molecular weight excluding hydrogens is 274 g/mol. The minimum Gasteiger partial charge on any atom is -0.342 e. The lowest BCUT2D eigenvalue weighted by Crippen LogP contribution is -2.23. The van der Waals surface area contributed by atoms with E-state index in [0.717, 1.165) is 5.69 Å². The van der Waals surface area contributed by atoms with Gasteiger partial charge in [-0.25, -0.2) is 8.42 Å². The Bertz CT molecular complexity index is 593. The average Bonchev–Trinajstić information content (AvgIpc) is 2.28. The van der Waals surface area contributed by atoms with Crippen molar-refractivity contribution in [3.63, 3.8) is 0 Å². The van der Waals surface area contributed by atoms with Crippen LogP contribution in [0, 0.1) is 0 Å². The molecule has 5 nitrogen and oxygen atoms in total. The Morgan fingerprint density at radius 2 is 2.00 bits per heavy atom. The maximum atomic E-state index is 11.3. The summed E-state index contributed by atoms with van der Waals surface area (Å²) in [5.41, 5.74) is 0.365. The molecule has 7 heteroatoms. The maximum Gasteiger partial charge on any atom is 0.175 e. The third kappa shape index (κ3) is 3.24. The molecular formula is C11H12ClN3O2S. The standard InChI is InChI=1S/C11H12ClN3O2S/c1-18(16,17)9-4-2-8(3-5-9)15-11-6-10(12)13-7-14-11/h2-7,10,15H,1H3,(H,13,14). The van der Waals surface area contributed by atoms with Crippen LogP contribution in [0.5, 0.6) is 0 Å². The van der Waals surface area contributed by atoms with E-state index in [1.165, 1.54) is 12.6 Å². The van der Waals surface area contributed by atoms with E-state index in [1.54, 1.807) is 30.3 Å². The van der Waals surface area contributed by atoms with Gasteiger partial charge in [-0.05, 0) is 30.3 Å². The number of nitrogens with one attached hydrogen (secondary N) is 2. The molecule has 0 amide bonds. The van der Waals surface area contributed by atoms with Crippen molar-refractivity contribution >= 4 is 33.5 Å². The summed E-state index contributed by atoms with van der Waals surface area (Å²) in [6.07, 6.45) is 4.39. The molecule has 0 aliphatic carbocycles. The van der Waals surface area contributed by atoms with Crippen molar-refractivity contribution in [2.24, 2.45) is 4.99 Å². The van der Waals surface area contributed by atoms with E-state index in [2.05, 4.69) is 15.6 Å². The first-order valence-electron chi connectivity index (χ1n) is 5.16. The van der Waals surface area contributed by atoms with Gasteiger partial charge in [0.05, 0.1) is 11.2 Å². The van der Waals surface area contributed by atoms with Crippen molar-refractivity contribution in [3.05, 3.63) is 36.2 Å². The number of rotatable bonds is 3. The summed E-state index contributed by atoms with van der Waals surface area (Å²) >= 11 is 5.83. The number of aliphatic imine (C=N–C) groups is 1. The highest BCUT2D eigenvalue weighted by atomic mass is 35.5. The molecule has 0 saturated carbocycles. The first-order chi connectivity index (χ1) is 8.45. The highest BCUT2D eigenvalue weighted by molar-refractivity contribution is 7.90. The Kier molecular flexibility index (Phi) is 3.58. The summed E-state index contributed by atoms with van der Waals surface area (Å²) in [6.45, 7) is 0. The minimum atomic E-state index is -3.16. The zero-order valence-electron chi connectivity index (χ0n) is 9.59. The lowest BCUT2D eigenvalue weighted by molar-refractivity contribution is 0.602. The van der Waals surface area contributed by atoms with Gasteiger partial charge in [-0.3, -0.25) is 4.99 Å². The summed E-state index contributed by atoms with van der Waals surface area (Å²) in [7, 11) is -3.16. The minimum absolute atomic E-state index is 0.287. The first-order valence-corrected chi connectivity index (χ1v) is 7.49. The molecule has 1 unspecified atom stereocenters. The van der Waals surface area contributed by atoms with Crippen molar-refractivity contribution in [2.45, 2.75) is 10.4 Å². The van der Waals surface area contributed by atoms with Crippen molar-refractivity contribution in [1.82, 2.24) is 5.32 Å². The molecule has 0 bridgehead atoms. The number of anilines is 1. The predicted octanol–water partition coefficient (Wildman–Crippen LogP) is 1.54. The van der Waals surface area contributed by atoms with E-state index in [4.69, 9.17) is 11.6 Å². The summed E-state index contributed by atoms with van der Waals surface area (Å²) in [5.74, 6) is 0.706. The van der Waals surface area contributed by atoms with Crippen LogP contribution in [0.3, 0.4) is 0 Å². The zero-order valence-corrected chi connectivity index (χ0v) is 11.2. The van der Waals surface area contributed by atoms with Gasteiger partial charge in [-0.2, -0.15) is 0 Å². The van der Waals surface area contributed by atoms with Gasteiger partial charge >= 0.3 is 0 Å². The van der Waals surface area contributed by atoms with E-state index >= 15 is 0 Å². The molecule has 0 aromatic heterocycles. The fourth-order valence-electron chi connectivity index (χ4n) is 1.43. The van der Waals surface area contributed by atoms with Crippen molar-refractivity contribution in [1.29, 1.82) is 0 Å². The van der Waals surface area contributed by atoms with E-state index < -0.39 is 15.3 Å². The topological polar surface area (TPSA) is 70.6 Å². The maximum absolute atomic E-state index is 11.3. The molecule has 2 rings (SSSR count). The second-order valence-corrected chi connectivity index (χ2v) is 6.26. The monoisotopic (exact) mass is 285 g/mol. The van der Waals surface area contributed by atoms with Crippen molar-refractivity contribution in [2.75, 3.05) is 11.6 Å². The van der Waals surface area contributed by atoms with Gasteiger partial charge in [-0.15, -0.1) is 0 Å². The molecule has 1 heterocycles. The molecule has 1 aliphatic heterocycles. The quantitative estimate of drug-likeness (QED) is 0.653. The van der Waals surface area contributed by atoms with Crippen LogP contribution in [-0.2, 0) is 9.84 Å². The van der Waals surface area contributed by atoms with Gasteiger partial charge < -0.3 is 10.6 Å². The number of alkyl halides is 1. The van der Waals surface area contributed by atoms with Gasteiger partial charge in [-0.1, -0.05) is 11.6 Å². The SMILES string of the molecule is CS(=O)(=O)c1ccc(NC2=CC(Cl)N=CN2)cc1. The van der Waals surface area contributed by atoms with Gasteiger partial charge in [0.1, 0.15) is 11.3 Å². The molecule has 1 aromatic rings. The van der Waals surface area contributed by atoms with Crippen LogP contribution < -0.4 is 10.6 Å². The van der Waals surface area contributed by atoms with Crippen LogP contribution in [0.15, 0.2) is 46.1 Å². The van der Waals surface area contributed by atoms with E-state index in [9.17, 15) is 8.42 Å². The van der Waals surface area contributed by atoms with Gasteiger partial charge in [0, 0.05) is 11.9 Å². The largest absolute Gasteiger partial charge is 0.342 e. The Morgan fingerprint density at radius 1 is 1.33 bits per heavy atom. The second-order valence-electron chi connectivity index (χ2n) is 3.80. The van der Waals surface area contributed by atoms with E-state index in [0.29, 0.717) is 5.82 Å². The van der Waals surface area contributed by atoms with Crippen LogP contribution in [0.4, 0.5) is 5.69 Å². The third-order valence-electron chi connectivity index (χ3n) is 2.30. The molecule has 2 N–H and O–H groups in total. The van der Waals surface area contributed by atoms with E-state index in [-0.39, 0.29) is 4.90 Å². The molecule has 18 heavy (non-hydrogen) atoms. The second kappa shape index (κ2) is 4.99. The van der Waals surface area contributed by atoms with Crippen LogP contribution in [0.1, 0.15) is 0 Å². The predicted molar refractivity (Wildman–Crippen MR) is 72.5 cm³/mol. The van der Waals surface area contributed by atoms with Crippen LogP contribution >= 0.6 is 11.6 Å².